The highest BCUT2D eigenvalue weighted by atomic mass is 35.5. The summed E-state index contributed by atoms with van der Waals surface area (Å²) in [5.41, 5.74) is -0.705. The van der Waals surface area contributed by atoms with E-state index in [1.807, 2.05) is 19.1 Å². The molecule has 200 valence electrons. The molecular formula is C28H35Cl2N3O4. The summed E-state index contributed by atoms with van der Waals surface area (Å²) in [5.74, 6) is -1.39. The van der Waals surface area contributed by atoms with Crippen molar-refractivity contribution in [1.29, 1.82) is 0 Å². The van der Waals surface area contributed by atoms with Crippen LogP contribution >= 0.6 is 23.2 Å². The van der Waals surface area contributed by atoms with Crippen molar-refractivity contribution in [2.45, 2.75) is 76.7 Å². The lowest BCUT2D eigenvalue weighted by atomic mass is 9.73. The van der Waals surface area contributed by atoms with Crippen molar-refractivity contribution in [1.82, 2.24) is 10.2 Å². The average Bonchev–Trinajstić information content (AvgIpc) is 3.47. The molecule has 0 radical (unpaired) electrons. The van der Waals surface area contributed by atoms with Gasteiger partial charge in [-0.2, -0.15) is 0 Å². The van der Waals surface area contributed by atoms with Gasteiger partial charge in [-0.1, -0.05) is 75.4 Å². The number of fused-ring (bicyclic) bond motifs is 1. The molecule has 1 spiro atoms. The van der Waals surface area contributed by atoms with E-state index in [9.17, 15) is 14.4 Å². The van der Waals surface area contributed by atoms with Crippen LogP contribution < -0.4 is 10.6 Å². The number of amides is 3. The number of rotatable bonds is 7. The second-order valence-electron chi connectivity index (χ2n) is 11.1. The molecule has 1 aromatic carbocycles. The number of ether oxygens (including phenoxy) is 1. The fraction of sp³-hybridized carbons (Fsp3) is 0.607. The molecule has 2 N–H and O–H groups in total. The minimum atomic E-state index is -1.16. The fourth-order valence-electron chi connectivity index (χ4n) is 6.74. The zero-order valence-corrected chi connectivity index (χ0v) is 23.0. The zero-order valence-electron chi connectivity index (χ0n) is 21.5. The molecule has 7 nitrogen and oxygen atoms in total. The van der Waals surface area contributed by atoms with E-state index in [2.05, 4.69) is 24.5 Å². The number of hydrogen-bond acceptors (Lipinski definition) is 4. The summed E-state index contributed by atoms with van der Waals surface area (Å²) in [6.07, 6.45) is 7.90. The number of carbonyl (C=O) groups is 3. The van der Waals surface area contributed by atoms with Crippen molar-refractivity contribution in [3.8, 4) is 0 Å². The van der Waals surface area contributed by atoms with Gasteiger partial charge in [0.1, 0.15) is 11.6 Å². The van der Waals surface area contributed by atoms with Crippen LogP contribution in [0.3, 0.4) is 0 Å². The summed E-state index contributed by atoms with van der Waals surface area (Å²) >= 11 is 12.2. The molecule has 3 heterocycles. The first-order valence-electron chi connectivity index (χ1n) is 13.4. The Morgan fingerprint density at radius 1 is 1.14 bits per heavy atom. The summed E-state index contributed by atoms with van der Waals surface area (Å²) in [7, 11) is 0. The minimum Gasteiger partial charge on any atom is -0.359 e. The van der Waals surface area contributed by atoms with E-state index >= 15 is 0 Å². The Kier molecular flexibility index (Phi) is 7.33. The van der Waals surface area contributed by atoms with Gasteiger partial charge in [0.05, 0.1) is 17.9 Å². The third kappa shape index (κ3) is 4.57. The van der Waals surface area contributed by atoms with Crippen molar-refractivity contribution < 1.29 is 19.1 Å². The minimum absolute atomic E-state index is 0.0593. The first kappa shape index (κ1) is 26.5. The average molecular weight is 549 g/mol. The standard InChI is InChI=1S/C28H35Cl2N3O4/c1-4-5-11-33-24(26(35)32-20-8-6-7-15(2)16(20)3)28-10-9-21(37-28)22(23(28)27(33)36)25(34)31-19-13-17(29)12-18(30)14-19/h9-10,12-16,20-24H,4-8,11H2,1-3H3,(H,31,34)(H,32,35)/t15-,16-,20-,21-,22-,23-,24+,28+/m1/s1. The highest BCUT2D eigenvalue weighted by Gasteiger charge is 2.72. The Balaban J connectivity index is 1.43. The van der Waals surface area contributed by atoms with Crippen LogP contribution in [0.25, 0.3) is 0 Å². The predicted molar refractivity (Wildman–Crippen MR) is 143 cm³/mol. The summed E-state index contributed by atoms with van der Waals surface area (Å²) in [6.45, 7) is 6.91. The molecule has 0 aromatic heterocycles. The van der Waals surface area contributed by atoms with Gasteiger partial charge in [0.2, 0.25) is 17.7 Å². The molecule has 3 fully saturated rings. The number of unbranched alkanes of at least 4 members (excludes halogenated alkanes) is 1. The highest BCUT2D eigenvalue weighted by molar-refractivity contribution is 6.35. The zero-order chi connectivity index (χ0) is 26.5. The molecule has 37 heavy (non-hydrogen) atoms. The molecular weight excluding hydrogens is 513 g/mol. The quantitative estimate of drug-likeness (QED) is 0.479. The van der Waals surface area contributed by atoms with Gasteiger partial charge < -0.3 is 20.3 Å². The van der Waals surface area contributed by atoms with E-state index in [-0.39, 0.29) is 23.8 Å². The Morgan fingerprint density at radius 3 is 2.57 bits per heavy atom. The summed E-state index contributed by atoms with van der Waals surface area (Å²) in [4.78, 5) is 43.0. The Bertz CT molecular complexity index is 1110. The van der Waals surface area contributed by atoms with Gasteiger partial charge in [-0.25, -0.2) is 0 Å². The van der Waals surface area contributed by atoms with Crippen molar-refractivity contribution >= 4 is 46.6 Å². The van der Waals surface area contributed by atoms with Crippen LogP contribution in [0.4, 0.5) is 5.69 Å². The molecule has 4 aliphatic rings. The van der Waals surface area contributed by atoms with E-state index in [1.54, 1.807) is 23.1 Å². The third-order valence-electron chi connectivity index (χ3n) is 8.84. The molecule has 8 atom stereocenters. The van der Waals surface area contributed by atoms with Gasteiger partial charge in [-0.05, 0) is 42.9 Å². The van der Waals surface area contributed by atoms with Crippen LogP contribution in [0.5, 0.6) is 0 Å². The van der Waals surface area contributed by atoms with Crippen LogP contribution in [0.15, 0.2) is 30.4 Å². The summed E-state index contributed by atoms with van der Waals surface area (Å²) in [5, 5.41) is 6.94. The van der Waals surface area contributed by atoms with Crippen molar-refractivity contribution in [3.05, 3.63) is 40.4 Å². The van der Waals surface area contributed by atoms with E-state index in [4.69, 9.17) is 27.9 Å². The van der Waals surface area contributed by atoms with E-state index in [0.29, 0.717) is 34.1 Å². The van der Waals surface area contributed by atoms with Crippen LogP contribution in [-0.4, -0.2) is 53.0 Å². The van der Waals surface area contributed by atoms with Gasteiger partial charge in [-0.3, -0.25) is 14.4 Å². The number of hydrogen-bond donors (Lipinski definition) is 2. The maximum Gasteiger partial charge on any atom is 0.246 e. The van der Waals surface area contributed by atoms with Gasteiger partial charge in [-0.15, -0.1) is 0 Å². The van der Waals surface area contributed by atoms with Crippen molar-refractivity contribution in [3.63, 3.8) is 0 Å². The number of anilines is 1. The van der Waals surface area contributed by atoms with Gasteiger partial charge in [0.25, 0.3) is 0 Å². The van der Waals surface area contributed by atoms with E-state index in [0.717, 1.165) is 32.1 Å². The molecule has 9 heteroatoms. The molecule has 0 unspecified atom stereocenters. The van der Waals surface area contributed by atoms with Crippen molar-refractivity contribution in [2.24, 2.45) is 23.7 Å². The lowest BCUT2D eigenvalue weighted by Gasteiger charge is -2.38. The molecule has 1 aliphatic carbocycles. The fourth-order valence-corrected chi connectivity index (χ4v) is 7.26. The molecule has 3 amide bonds. The molecule has 3 aliphatic heterocycles. The predicted octanol–water partition coefficient (Wildman–Crippen LogP) is 4.82. The number of benzene rings is 1. The maximum absolute atomic E-state index is 13.9. The number of nitrogens with zero attached hydrogens (tertiary/aromatic N) is 1. The van der Waals surface area contributed by atoms with Gasteiger partial charge in [0.15, 0.2) is 0 Å². The molecule has 1 aromatic rings. The lowest BCUT2D eigenvalue weighted by Crippen LogP contribution is -2.58. The van der Waals surface area contributed by atoms with Crippen molar-refractivity contribution in [2.75, 3.05) is 11.9 Å². The maximum atomic E-state index is 13.9. The highest BCUT2D eigenvalue weighted by Crippen LogP contribution is 2.55. The normalized spacial score (nSPS) is 36.1. The second-order valence-corrected chi connectivity index (χ2v) is 12.0. The molecule has 2 bridgehead atoms. The van der Waals surface area contributed by atoms with Crippen LogP contribution in [0.1, 0.15) is 52.9 Å². The SMILES string of the molecule is CCCCN1C(=O)[C@H]2[C@H](C(=O)Nc3cc(Cl)cc(Cl)c3)[C@H]3C=C[C@@]2(O3)[C@@H]1C(=O)N[C@@H]1CCC[C@@H](C)[C@H]1C. The van der Waals surface area contributed by atoms with Crippen LogP contribution in [0, 0.1) is 23.7 Å². The Labute approximate surface area is 228 Å². The monoisotopic (exact) mass is 547 g/mol. The number of carbonyl (C=O) groups excluding carboxylic acids is 3. The summed E-state index contributed by atoms with van der Waals surface area (Å²) in [6, 6.07) is 4.06. The Morgan fingerprint density at radius 2 is 1.86 bits per heavy atom. The topological polar surface area (TPSA) is 87.7 Å². The third-order valence-corrected chi connectivity index (χ3v) is 9.28. The number of likely N-dealkylation sites (tertiary alicyclic amines) is 1. The Hall–Kier alpha value is -2.09. The molecule has 5 rings (SSSR count). The first-order chi connectivity index (χ1) is 17.7. The van der Waals surface area contributed by atoms with Gasteiger partial charge in [0, 0.05) is 28.3 Å². The smallest absolute Gasteiger partial charge is 0.246 e. The first-order valence-corrected chi connectivity index (χ1v) is 14.2. The summed E-state index contributed by atoms with van der Waals surface area (Å²) < 4.78 is 6.41. The largest absolute Gasteiger partial charge is 0.359 e. The number of nitrogens with one attached hydrogen (secondary N) is 2. The molecule has 2 saturated heterocycles. The number of halogens is 2. The van der Waals surface area contributed by atoms with Gasteiger partial charge >= 0.3 is 0 Å². The molecule has 1 saturated carbocycles. The van der Waals surface area contributed by atoms with E-state index < -0.39 is 29.6 Å². The second kappa shape index (κ2) is 10.2. The van der Waals surface area contributed by atoms with Crippen LogP contribution in [-0.2, 0) is 19.1 Å². The van der Waals surface area contributed by atoms with Crippen LogP contribution in [0.2, 0.25) is 10.0 Å². The van der Waals surface area contributed by atoms with E-state index in [1.165, 1.54) is 0 Å². The lowest BCUT2D eigenvalue weighted by molar-refractivity contribution is -0.141.